The van der Waals surface area contributed by atoms with Crippen molar-refractivity contribution in [2.24, 2.45) is 0 Å². The van der Waals surface area contributed by atoms with Crippen LogP contribution in [0.3, 0.4) is 0 Å². The number of oxazole rings is 1. The summed E-state index contributed by atoms with van der Waals surface area (Å²) in [7, 11) is 0. The van der Waals surface area contributed by atoms with E-state index in [1.807, 2.05) is 0 Å². The Morgan fingerprint density at radius 1 is 1.32 bits per heavy atom. The minimum atomic E-state index is -0.259. The van der Waals surface area contributed by atoms with Crippen LogP contribution in [0, 0.1) is 5.82 Å². The van der Waals surface area contributed by atoms with Gasteiger partial charge in [0.05, 0.1) is 17.9 Å². The number of hydrogen-bond acceptors (Lipinski definition) is 5. The summed E-state index contributed by atoms with van der Waals surface area (Å²) in [4.78, 5) is 23.4. The molecule has 0 bridgehead atoms. The minimum absolute atomic E-state index is 0.0247. The van der Waals surface area contributed by atoms with Crippen LogP contribution in [-0.2, 0) is 6.42 Å². The number of nitrogens with zero attached hydrogens (tertiary/aromatic N) is 3. The molecule has 1 atom stereocenters. The fourth-order valence-electron chi connectivity index (χ4n) is 3.09. The van der Waals surface area contributed by atoms with Crippen LogP contribution in [0.4, 0.5) is 4.39 Å². The Morgan fingerprint density at radius 3 is 2.92 bits per heavy atom. The Kier molecular flexibility index (Phi) is 4.31. The van der Waals surface area contributed by atoms with Crippen molar-refractivity contribution in [3.8, 4) is 0 Å². The first-order chi connectivity index (χ1) is 12.2. The molecular weight excluding hydrogens is 341 g/mol. The summed E-state index contributed by atoms with van der Waals surface area (Å²) in [5, 5.41) is 0. The van der Waals surface area contributed by atoms with Gasteiger partial charge < -0.3 is 9.32 Å². The van der Waals surface area contributed by atoms with Crippen LogP contribution in [0.1, 0.15) is 45.8 Å². The summed E-state index contributed by atoms with van der Waals surface area (Å²) < 4.78 is 18.9. The highest BCUT2D eigenvalue weighted by atomic mass is 32.1. The smallest absolute Gasteiger partial charge is 0.266 e. The van der Waals surface area contributed by atoms with E-state index in [9.17, 15) is 9.18 Å². The van der Waals surface area contributed by atoms with Crippen LogP contribution in [-0.4, -0.2) is 27.3 Å². The maximum Gasteiger partial charge on any atom is 0.266 e. The van der Waals surface area contributed by atoms with Gasteiger partial charge in [0.1, 0.15) is 22.5 Å². The molecule has 7 heteroatoms. The van der Waals surface area contributed by atoms with Gasteiger partial charge in [-0.1, -0.05) is 12.1 Å². The van der Waals surface area contributed by atoms with Gasteiger partial charge in [-0.25, -0.2) is 9.37 Å². The van der Waals surface area contributed by atoms with E-state index in [1.165, 1.54) is 23.5 Å². The number of rotatable bonds is 4. The van der Waals surface area contributed by atoms with Crippen LogP contribution in [0.2, 0.25) is 0 Å². The molecule has 128 valence electrons. The molecule has 1 fully saturated rings. The average molecular weight is 357 g/mol. The van der Waals surface area contributed by atoms with Gasteiger partial charge in [0.25, 0.3) is 5.91 Å². The predicted octanol–water partition coefficient (Wildman–Crippen LogP) is 3.84. The first kappa shape index (κ1) is 16.0. The van der Waals surface area contributed by atoms with E-state index < -0.39 is 0 Å². The highest BCUT2D eigenvalue weighted by Gasteiger charge is 2.34. The SMILES string of the molecule is O=C(c1cncs1)N1CCC[C@H]1c1ncc(Cc2ccc(F)cc2)o1. The van der Waals surface area contributed by atoms with E-state index in [4.69, 9.17) is 4.42 Å². The number of halogens is 1. The van der Waals surface area contributed by atoms with Gasteiger partial charge in [0.15, 0.2) is 0 Å². The van der Waals surface area contributed by atoms with Gasteiger partial charge in [0.2, 0.25) is 5.89 Å². The molecule has 1 aromatic carbocycles. The molecule has 0 saturated carbocycles. The molecule has 0 aliphatic carbocycles. The van der Waals surface area contributed by atoms with E-state index in [2.05, 4.69) is 9.97 Å². The Hall–Kier alpha value is -2.54. The summed E-state index contributed by atoms with van der Waals surface area (Å²) in [5.74, 6) is 0.986. The van der Waals surface area contributed by atoms with E-state index in [-0.39, 0.29) is 17.8 Å². The molecule has 25 heavy (non-hydrogen) atoms. The standard InChI is InChI=1S/C18H16FN3O2S/c19-13-5-3-12(4-6-13)8-14-9-21-17(24-14)15-2-1-7-22(15)18(23)16-10-20-11-25-16/h3-6,9-11,15H,1-2,7-8H2/t15-/m0/s1. The number of thiazole rings is 1. The molecule has 0 unspecified atom stereocenters. The molecular formula is C18H16FN3O2S. The van der Waals surface area contributed by atoms with Crippen molar-refractivity contribution in [3.05, 3.63) is 70.1 Å². The van der Waals surface area contributed by atoms with E-state index >= 15 is 0 Å². The third-order valence-corrected chi connectivity index (χ3v) is 5.07. The number of hydrogen-bond donors (Lipinski definition) is 0. The van der Waals surface area contributed by atoms with Crippen molar-refractivity contribution >= 4 is 17.2 Å². The highest BCUT2D eigenvalue weighted by molar-refractivity contribution is 7.11. The number of amides is 1. The number of aromatic nitrogens is 2. The van der Waals surface area contributed by atoms with E-state index in [0.29, 0.717) is 29.5 Å². The molecule has 1 aliphatic rings. The predicted molar refractivity (Wildman–Crippen MR) is 90.8 cm³/mol. The molecule has 4 rings (SSSR count). The molecule has 2 aromatic heterocycles. The Bertz CT molecular complexity index is 861. The first-order valence-electron chi connectivity index (χ1n) is 8.09. The van der Waals surface area contributed by atoms with Gasteiger partial charge >= 0.3 is 0 Å². The molecule has 0 radical (unpaired) electrons. The topological polar surface area (TPSA) is 59.2 Å². The van der Waals surface area contributed by atoms with Gasteiger partial charge in [-0.3, -0.25) is 9.78 Å². The lowest BCUT2D eigenvalue weighted by Crippen LogP contribution is -2.30. The third kappa shape index (κ3) is 3.32. The van der Waals surface area contributed by atoms with Gasteiger partial charge in [-0.2, -0.15) is 0 Å². The van der Waals surface area contributed by atoms with Gasteiger partial charge in [-0.15, -0.1) is 11.3 Å². The zero-order chi connectivity index (χ0) is 17.2. The summed E-state index contributed by atoms with van der Waals surface area (Å²) in [6.45, 7) is 0.692. The van der Waals surface area contributed by atoms with Crippen LogP contribution in [0.25, 0.3) is 0 Å². The third-order valence-electron chi connectivity index (χ3n) is 4.30. The van der Waals surface area contributed by atoms with Gasteiger partial charge in [0, 0.05) is 13.0 Å². The number of carbonyl (C=O) groups excluding carboxylic acids is 1. The molecule has 5 nitrogen and oxygen atoms in total. The lowest BCUT2D eigenvalue weighted by atomic mass is 10.1. The molecule has 3 heterocycles. The van der Waals surface area contributed by atoms with Crippen molar-refractivity contribution in [1.82, 2.24) is 14.9 Å². The van der Waals surface area contributed by atoms with E-state index in [1.54, 1.807) is 34.9 Å². The number of likely N-dealkylation sites (tertiary alicyclic amines) is 1. The van der Waals surface area contributed by atoms with Crippen molar-refractivity contribution < 1.29 is 13.6 Å². The quantitative estimate of drug-likeness (QED) is 0.712. The lowest BCUT2D eigenvalue weighted by molar-refractivity contribution is 0.0719. The number of carbonyl (C=O) groups is 1. The second-order valence-corrected chi connectivity index (χ2v) is 6.88. The Labute approximate surface area is 148 Å². The van der Waals surface area contributed by atoms with Crippen molar-refractivity contribution in [2.45, 2.75) is 25.3 Å². The van der Waals surface area contributed by atoms with Gasteiger partial charge in [-0.05, 0) is 30.5 Å². The molecule has 0 N–H and O–H groups in total. The fourth-order valence-corrected chi connectivity index (χ4v) is 3.67. The van der Waals surface area contributed by atoms with Crippen LogP contribution < -0.4 is 0 Å². The lowest BCUT2D eigenvalue weighted by Gasteiger charge is -2.21. The van der Waals surface area contributed by atoms with Crippen LogP contribution in [0.15, 0.2) is 46.6 Å². The number of benzene rings is 1. The summed E-state index contributed by atoms with van der Waals surface area (Å²) in [6.07, 6.45) is 5.58. The molecule has 3 aromatic rings. The average Bonchev–Trinajstić information content (AvgIpc) is 3.37. The fraction of sp³-hybridized carbons (Fsp3) is 0.278. The maximum atomic E-state index is 13.0. The minimum Gasteiger partial charge on any atom is -0.443 e. The summed E-state index contributed by atoms with van der Waals surface area (Å²) >= 11 is 1.34. The largest absolute Gasteiger partial charge is 0.443 e. The zero-order valence-electron chi connectivity index (χ0n) is 13.4. The molecule has 1 amide bonds. The zero-order valence-corrected chi connectivity index (χ0v) is 14.2. The Morgan fingerprint density at radius 2 is 2.16 bits per heavy atom. The van der Waals surface area contributed by atoms with Crippen LogP contribution in [0.5, 0.6) is 0 Å². The second-order valence-electron chi connectivity index (χ2n) is 5.99. The molecule has 0 spiro atoms. The summed E-state index contributed by atoms with van der Waals surface area (Å²) in [5.41, 5.74) is 2.61. The second kappa shape index (κ2) is 6.76. The first-order valence-corrected chi connectivity index (χ1v) is 8.97. The summed E-state index contributed by atoms with van der Waals surface area (Å²) in [6, 6.07) is 6.17. The normalized spacial score (nSPS) is 17.2. The van der Waals surface area contributed by atoms with E-state index in [0.717, 1.165) is 18.4 Å². The monoisotopic (exact) mass is 357 g/mol. The van der Waals surface area contributed by atoms with Crippen LogP contribution >= 0.6 is 11.3 Å². The molecule has 1 aliphatic heterocycles. The van der Waals surface area contributed by atoms with Crippen molar-refractivity contribution in [2.75, 3.05) is 6.54 Å². The maximum absolute atomic E-state index is 13.0. The Balaban J connectivity index is 1.50. The molecule has 1 saturated heterocycles. The highest BCUT2D eigenvalue weighted by Crippen LogP contribution is 2.33. The van der Waals surface area contributed by atoms with Crippen molar-refractivity contribution in [3.63, 3.8) is 0 Å². The van der Waals surface area contributed by atoms with Crippen molar-refractivity contribution in [1.29, 1.82) is 0 Å².